The fourth-order valence-corrected chi connectivity index (χ4v) is 3.40. The van der Waals surface area contributed by atoms with Crippen LogP contribution in [0.15, 0.2) is 23.6 Å². The molecule has 0 spiro atoms. The maximum Gasteiger partial charge on any atom is 0.254 e. The first-order chi connectivity index (χ1) is 12.4. The van der Waals surface area contributed by atoms with Gasteiger partial charge in [-0.25, -0.2) is 13.8 Å². The van der Waals surface area contributed by atoms with Crippen LogP contribution < -0.4 is 5.32 Å². The summed E-state index contributed by atoms with van der Waals surface area (Å²) in [6.45, 7) is 3.96. The third-order valence-electron chi connectivity index (χ3n) is 4.06. The van der Waals surface area contributed by atoms with Gasteiger partial charge in [-0.3, -0.25) is 14.5 Å². The van der Waals surface area contributed by atoms with Gasteiger partial charge in [0, 0.05) is 37.1 Å². The van der Waals surface area contributed by atoms with Crippen LogP contribution in [0.25, 0.3) is 0 Å². The van der Waals surface area contributed by atoms with Gasteiger partial charge < -0.3 is 10.2 Å². The van der Waals surface area contributed by atoms with Crippen molar-refractivity contribution in [3.63, 3.8) is 0 Å². The van der Waals surface area contributed by atoms with Gasteiger partial charge in [-0.1, -0.05) is 0 Å². The first kappa shape index (κ1) is 18.4. The summed E-state index contributed by atoms with van der Waals surface area (Å²) >= 11 is 1.37. The van der Waals surface area contributed by atoms with Crippen molar-refractivity contribution < 1.29 is 18.4 Å². The first-order valence-electron chi connectivity index (χ1n) is 8.11. The molecule has 2 heterocycles. The van der Waals surface area contributed by atoms with Crippen molar-refractivity contribution in [2.45, 2.75) is 6.92 Å². The lowest BCUT2D eigenvalue weighted by Gasteiger charge is -2.34. The molecule has 1 N–H and O–H groups in total. The number of anilines is 1. The molecule has 2 amide bonds. The Bertz CT molecular complexity index is 819. The number of aromatic nitrogens is 1. The fourth-order valence-electron chi connectivity index (χ4n) is 2.69. The SMILES string of the molecule is Cc1csc(NC(=O)CN2CCN(C(=O)c3ccc(F)c(F)c3)CC2)n1. The van der Waals surface area contributed by atoms with Gasteiger partial charge in [-0.2, -0.15) is 0 Å². The van der Waals surface area contributed by atoms with Gasteiger partial charge in [0.1, 0.15) is 0 Å². The summed E-state index contributed by atoms with van der Waals surface area (Å²) in [6.07, 6.45) is 0. The van der Waals surface area contributed by atoms with Gasteiger partial charge in [-0.15, -0.1) is 11.3 Å². The molecule has 26 heavy (non-hydrogen) atoms. The minimum absolute atomic E-state index is 0.120. The number of amides is 2. The molecule has 1 aromatic carbocycles. The van der Waals surface area contributed by atoms with Crippen molar-refractivity contribution in [2.75, 3.05) is 38.0 Å². The van der Waals surface area contributed by atoms with E-state index in [9.17, 15) is 18.4 Å². The Kier molecular flexibility index (Phi) is 5.58. The minimum Gasteiger partial charge on any atom is -0.336 e. The van der Waals surface area contributed by atoms with Gasteiger partial charge >= 0.3 is 0 Å². The smallest absolute Gasteiger partial charge is 0.254 e. The van der Waals surface area contributed by atoms with Crippen LogP contribution in [0.1, 0.15) is 16.1 Å². The lowest BCUT2D eigenvalue weighted by Crippen LogP contribution is -2.50. The van der Waals surface area contributed by atoms with E-state index in [-0.39, 0.29) is 23.9 Å². The highest BCUT2D eigenvalue weighted by atomic mass is 32.1. The Labute approximate surface area is 153 Å². The predicted molar refractivity (Wildman–Crippen MR) is 94.2 cm³/mol. The summed E-state index contributed by atoms with van der Waals surface area (Å²) < 4.78 is 26.3. The summed E-state index contributed by atoms with van der Waals surface area (Å²) in [5.74, 6) is -2.51. The number of nitrogens with one attached hydrogen (secondary N) is 1. The molecule has 6 nitrogen and oxygen atoms in total. The van der Waals surface area contributed by atoms with Crippen LogP contribution in [0.2, 0.25) is 0 Å². The van der Waals surface area contributed by atoms with E-state index in [1.807, 2.05) is 17.2 Å². The molecule has 1 aromatic heterocycles. The number of rotatable bonds is 4. The lowest BCUT2D eigenvalue weighted by molar-refractivity contribution is -0.117. The molecule has 9 heteroatoms. The van der Waals surface area contributed by atoms with Crippen molar-refractivity contribution >= 4 is 28.3 Å². The number of aryl methyl sites for hydroxylation is 1. The monoisotopic (exact) mass is 380 g/mol. The predicted octanol–water partition coefficient (Wildman–Crippen LogP) is 2.13. The van der Waals surface area contributed by atoms with Crippen LogP contribution in [0.4, 0.5) is 13.9 Å². The first-order valence-corrected chi connectivity index (χ1v) is 8.99. The molecule has 0 atom stereocenters. The van der Waals surface area contributed by atoms with E-state index in [0.29, 0.717) is 31.3 Å². The number of benzene rings is 1. The molecule has 138 valence electrons. The van der Waals surface area contributed by atoms with E-state index < -0.39 is 11.6 Å². The Morgan fingerprint density at radius 1 is 1.19 bits per heavy atom. The lowest BCUT2D eigenvalue weighted by atomic mass is 10.1. The van der Waals surface area contributed by atoms with E-state index in [4.69, 9.17) is 0 Å². The second-order valence-electron chi connectivity index (χ2n) is 6.04. The summed E-state index contributed by atoms with van der Waals surface area (Å²) in [4.78, 5) is 32.1. The van der Waals surface area contributed by atoms with Crippen molar-refractivity contribution in [2.24, 2.45) is 0 Å². The number of thiazole rings is 1. The van der Waals surface area contributed by atoms with Gasteiger partial charge in [0.15, 0.2) is 16.8 Å². The number of carbonyl (C=O) groups is 2. The molecule has 0 bridgehead atoms. The average molecular weight is 380 g/mol. The van der Waals surface area contributed by atoms with Crippen LogP contribution >= 0.6 is 11.3 Å². The van der Waals surface area contributed by atoms with Crippen LogP contribution in [0.5, 0.6) is 0 Å². The molecule has 1 aliphatic rings. The molecule has 1 aliphatic heterocycles. The van der Waals surface area contributed by atoms with Gasteiger partial charge in [0.05, 0.1) is 12.2 Å². The maximum atomic E-state index is 13.3. The van der Waals surface area contributed by atoms with Crippen LogP contribution in [0, 0.1) is 18.6 Å². The molecular formula is C17H18F2N4O2S. The highest BCUT2D eigenvalue weighted by molar-refractivity contribution is 7.13. The largest absolute Gasteiger partial charge is 0.336 e. The van der Waals surface area contributed by atoms with Crippen molar-refractivity contribution in [3.8, 4) is 0 Å². The second-order valence-corrected chi connectivity index (χ2v) is 6.90. The second kappa shape index (κ2) is 7.88. The molecule has 1 saturated heterocycles. The Balaban J connectivity index is 1.49. The van der Waals surface area contributed by atoms with Crippen molar-refractivity contribution in [1.29, 1.82) is 0 Å². The highest BCUT2D eigenvalue weighted by Crippen LogP contribution is 2.15. The summed E-state index contributed by atoms with van der Waals surface area (Å²) in [5, 5.41) is 5.18. The number of carbonyl (C=O) groups excluding carboxylic acids is 2. The Morgan fingerprint density at radius 3 is 2.54 bits per heavy atom. The van der Waals surface area contributed by atoms with Gasteiger partial charge in [0.2, 0.25) is 5.91 Å². The number of nitrogens with zero attached hydrogens (tertiary/aromatic N) is 3. The molecule has 0 unspecified atom stereocenters. The van der Waals surface area contributed by atoms with E-state index in [1.165, 1.54) is 17.4 Å². The molecule has 0 radical (unpaired) electrons. The normalized spacial score (nSPS) is 15.1. The molecule has 2 aromatic rings. The van der Waals surface area contributed by atoms with E-state index in [1.54, 1.807) is 4.90 Å². The molecular weight excluding hydrogens is 362 g/mol. The number of halogens is 2. The zero-order chi connectivity index (χ0) is 18.7. The van der Waals surface area contributed by atoms with E-state index in [2.05, 4.69) is 10.3 Å². The van der Waals surface area contributed by atoms with Crippen molar-refractivity contribution in [1.82, 2.24) is 14.8 Å². The summed E-state index contributed by atoms with van der Waals surface area (Å²) in [7, 11) is 0. The van der Waals surface area contributed by atoms with Crippen LogP contribution in [-0.4, -0.2) is 59.3 Å². The standard InChI is InChI=1S/C17H18F2N4O2S/c1-11-10-26-17(20-11)21-15(24)9-22-4-6-23(7-5-22)16(25)12-2-3-13(18)14(19)8-12/h2-3,8,10H,4-7,9H2,1H3,(H,20,21,24). The maximum absolute atomic E-state index is 13.3. The topological polar surface area (TPSA) is 65.5 Å². The third kappa shape index (κ3) is 4.41. The molecule has 0 saturated carbocycles. The van der Waals surface area contributed by atoms with E-state index >= 15 is 0 Å². The van der Waals surface area contributed by atoms with Gasteiger partial charge in [0.25, 0.3) is 5.91 Å². The van der Waals surface area contributed by atoms with Crippen LogP contribution in [0.3, 0.4) is 0 Å². The molecule has 1 fully saturated rings. The molecule has 0 aliphatic carbocycles. The summed E-state index contributed by atoms with van der Waals surface area (Å²) in [5.41, 5.74) is 0.976. The highest BCUT2D eigenvalue weighted by Gasteiger charge is 2.24. The van der Waals surface area contributed by atoms with Crippen LogP contribution in [-0.2, 0) is 4.79 Å². The van der Waals surface area contributed by atoms with Gasteiger partial charge in [-0.05, 0) is 25.1 Å². The fraction of sp³-hybridized carbons (Fsp3) is 0.353. The number of piperazine rings is 1. The zero-order valence-electron chi connectivity index (χ0n) is 14.2. The quantitative estimate of drug-likeness (QED) is 0.883. The Hall–Kier alpha value is -2.39. The molecule has 3 rings (SSSR count). The van der Waals surface area contributed by atoms with Crippen molar-refractivity contribution in [3.05, 3.63) is 46.5 Å². The Morgan fingerprint density at radius 2 is 1.92 bits per heavy atom. The summed E-state index contributed by atoms with van der Waals surface area (Å²) in [6, 6.07) is 3.13. The minimum atomic E-state index is -1.04. The van der Waals surface area contributed by atoms with E-state index in [0.717, 1.165) is 17.8 Å². The zero-order valence-corrected chi connectivity index (χ0v) is 15.0. The number of hydrogen-bond acceptors (Lipinski definition) is 5. The number of hydrogen-bond donors (Lipinski definition) is 1. The average Bonchev–Trinajstić information content (AvgIpc) is 3.02. The third-order valence-corrected chi connectivity index (χ3v) is 4.93.